The van der Waals surface area contributed by atoms with Crippen molar-refractivity contribution in [3.05, 3.63) is 12.2 Å². The van der Waals surface area contributed by atoms with E-state index in [0.29, 0.717) is 0 Å². The quantitative estimate of drug-likeness (QED) is 0.403. The molecule has 0 aromatic carbocycles. The summed E-state index contributed by atoms with van der Waals surface area (Å²) in [6.07, 6.45) is 2.89. The minimum absolute atomic E-state index is 0.435. The van der Waals surface area contributed by atoms with E-state index in [9.17, 15) is 0 Å². The summed E-state index contributed by atoms with van der Waals surface area (Å²) in [7, 11) is 0. The third kappa shape index (κ3) is 1.44. The summed E-state index contributed by atoms with van der Waals surface area (Å²) < 4.78 is 1.69. The Morgan fingerprint density at radius 2 is 2.33 bits per heavy atom. The molecule has 1 heterocycles. The molecular formula is C7H12N4O. The first-order chi connectivity index (χ1) is 5.58. The summed E-state index contributed by atoms with van der Waals surface area (Å²) in [5, 5.41) is 15.4. The zero-order valence-corrected chi connectivity index (χ0v) is 7.39. The van der Waals surface area contributed by atoms with E-state index in [1.165, 1.54) is 12.5 Å². The Hall–Kier alpha value is -1.39. The molecule has 0 amide bonds. The van der Waals surface area contributed by atoms with Gasteiger partial charge in [-0.05, 0) is 20.8 Å². The lowest BCUT2D eigenvalue weighted by atomic mass is 10.1. The summed E-state index contributed by atoms with van der Waals surface area (Å²) in [5.74, 6) is 0.792. The maximum absolute atomic E-state index is 8.40. The summed E-state index contributed by atoms with van der Waals surface area (Å²) >= 11 is 0. The molecule has 0 fully saturated rings. The van der Waals surface area contributed by atoms with Gasteiger partial charge in [0.15, 0.2) is 0 Å². The minimum atomic E-state index is -0.435. The largest absolute Gasteiger partial charge is 0.411 e. The molecule has 5 nitrogen and oxygen atoms in total. The van der Waals surface area contributed by atoms with Crippen molar-refractivity contribution in [1.29, 1.82) is 0 Å². The van der Waals surface area contributed by atoms with Gasteiger partial charge in [-0.15, -0.1) is 0 Å². The van der Waals surface area contributed by atoms with Gasteiger partial charge in [0.05, 0.1) is 11.8 Å². The van der Waals surface area contributed by atoms with E-state index in [0.717, 1.165) is 5.82 Å². The summed E-state index contributed by atoms with van der Waals surface area (Å²) in [6, 6.07) is 0. The van der Waals surface area contributed by atoms with Crippen molar-refractivity contribution in [2.45, 2.75) is 26.3 Å². The third-order valence-corrected chi connectivity index (χ3v) is 1.64. The number of oxime groups is 1. The molecule has 0 saturated carbocycles. The summed E-state index contributed by atoms with van der Waals surface area (Å²) in [5.41, 5.74) is -0.435. The molecule has 1 N–H and O–H groups in total. The Bertz CT molecular complexity index is 289. The number of nitrogens with zero attached hydrogens (tertiary/aromatic N) is 4. The van der Waals surface area contributed by atoms with Gasteiger partial charge in [-0.1, -0.05) is 5.16 Å². The Labute approximate surface area is 70.7 Å². The molecule has 66 valence electrons. The van der Waals surface area contributed by atoms with Crippen LogP contribution in [-0.2, 0) is 5.54 Å². The highest BCUT2D eigenvalue weighted by Crippen LogP contribution is 2.11. The van der Waals surface area contributed by atoms with E-state index < -0.39 is 5.54 Å². The van der Waals surface area contributed by atoms with Crippen LogP contribution in [0.4, 0.5) is 0 Å². The van der Waals surface area contributed by atoms with Crippen LogP contribution in [0.25, 0.3) is 0 Å². The van der Waals surface area contributed by atoms with E-state index >= 15 is 0 Å². The van der Waals surface area contributed by atoms with E-state index in [1.807, 2.05) is 20.8 Å². The second-order valence-corrected chi connectivity index (χ2v) is 3.12. The predicted octanol–water partition coefficient (Wildman–Crippen LogP) is 0.782. The Morgan fingerprint density at radius 3 is 2.75 bits per heavy atom. The summed E-state index contributed by atoms with van der Waals surface area (Å²) in [4.78, 5) is 3.97. The van der Waals surface area contributed by atoms with Gasteiger partial charge in [-0.3, -0.25) is 0 Å². The van der Waals surface area contributed by atoms with Crippen molar-refractivity contribution < 1.29 is 5.21 Å². The summed E-state index contributed by atoms with van der Waals surface area (Å²) in [6.45, 7) is 5.61. The molecule has 0 radical (unpaired) electrons. The minimum Gasteiger partial charge on any atom is -0.411 e. The van der Waals surface area contributed by atoms with Crippen LogP contribution in [0.1, 0.15) is 19.7 Å². The lowest BCUT2D eigenvalue weighted by molar-refractivity contribution is 0.310. The van der Waals surface area contributed by atoms with Gasteiger partial charge in [-0.25, -0.2) is 9.67 Å². The molecule has 0 unspecified atom stereocenters. The number of aromatic nitrogens is 3. The van der Waals surface area contributed by atoms with Crippen molar-refractivity contribution in [3.63, 3.8) is 0 Å². The molecule has 0 spiro atoms. The fourth-order valence-corrected chi connectivity index (χ4v) is 1.06. The lowest BCUT2D eigenvalue weighted by Gasteiger charge is -2.19. The van der Waals surface area contributed by atoms with Gasteiger partial charge < -0.3 is 5.21 Å². The van der Waals surface area contributed by atoms with Crippen LogP contribution in [0.2, 0.25) is 0 Å². The average Bonchev–Trinajstić information content (AvgIpc) is 2.35. The fourth-order valence-electron chi connectivity index (χ4n) is 1.06. The average molecular weight is 168 g/mol. The van der Waals surface area contributed by atoms with E-state index in [1.54, 1.807) is 4.68 Å². The molecule has 12 heavy (non-hydrogen) atoms. The van der Waals surface area contributed by atoms with Crippen molar-refractivity contribution in [2.75, 3.05) is 0 Å². The smallest absolute Gasteiger partial charge is 0.138 e. The number of rotatable bonds is 2. The predicted molar refractivity (Wildman–Crippen MR) is 44.4 cm³/mol. The molecule has 1 rings (SSSR count). The second-order valence-electron chi connectivity index (χ2n) is 3.12. The highest BCUT2D eigenvalue weighted by atomic mass is 16.4. The fraction of sp³-hybridized carbons (Fsp3) is 0.571. The van der Waals surface area contributed by atoms with E-state index in [-0.39, 0.29) is 0 Å². The van der Waals surface area contributed by atoms with Crippen LogP contribution >= 0.6 is 0 Å². The van der Waals surface area contributed by atoms with Crippen molar-refractivity contribution >= 4 is 6.21 Å². The van der Waals surface area contributed by atoms with E-state index in [4.69, 9.17) is 5.21 Å². The van der Waals surface area contributed by atoms with Gasteiger partial charge >= 0.3 is 0 Å². The van der Waals surface area contributed by atoms with Gasteiger partial charge in [0.1, 0.15) is 12.2 Å². The monoisotopic (exact) mass is 168 g/mol. The highest BCUT2D eigenvalue weighted by Gasteiger charge is 2.20. The van der Waals surface area contributed by atoms with Gasteiger partial charge in [0.2, 0.25) is 0 Å². The van der Waals surface area contributed by atoms with Crippen LogP contribution in [-0.4, -0.2) is 26.2 Å². The third-order valence-electron chi connectivity index (χ3n) is 1.64. The molecule has 0 aliphatic rings. The maximum atomic E-state index is 8.40. The SMILES string of the molecule is Cc1ncnn1C(C)(C)C=NO. The topological polar surface area (TPSA) is 63.3 Å². The van der Waals surface area contributed by atoms with Gasteiger partial charge in [0.25, 0.3) is 0 Å². The van der Waals surface area contributed by atoms with Crippen LogP contribution in [0.3, 0.4) is 0 Å². The molecule has 1 aromatic rings. The van der Waals surface area contributed by atoms with Crippen LogP contribution in [0.5, 0.6) is 0 Å². The molecular weight excluding hydrogens is 156 g/mol. The van der Waals surface area contributed by atoms with Crippen molar-refractivity contribution in [2.24, 2.45) is 5.16 Å². The van der Waals surface area contributed by atoms with Crippen LogP contribution in [0, 0.1) is 6.92 Å². The maximum Gasteiger partial charge on any atom is 0.138 e. The van der Waals surface area contributed by atoms with Gasteiger partial charge in [0, 0.05) is 0 Å². The standard InChI is InChI=1S/C7H12N4O/c1-6-8-5-9-11(6)7(2,3)4-10-12/h4-5,12H,1-3H3. The first kappa shape index (κ1) is 8.70. The molecule has 5 heteroatoms. The highest BCUT2D eigenvalue weighted by molar-refractivity contribution is 5.65. The molecule has 1 aromatic heterocycles. The van der Waals surface area contributed by atoms with Crippen molar-refractivity contribution in [3.8, 4) is 0 Å². The van der Waals surface area contributed by atoms with E-state index in [2.05, 4.69) is 15.2 Å². The Balaban J connectivity index is 3.04. The molecule has 0 bridgehead atoms. The number of aryl methyl sites for hydroxylation is 1. The zero-order valence-electron chi connectivity index (χ0n) is 7.39. The second kappa shape index (κ2) is 2.92. The van der Waals surface area contributed by atoms with Crippen molar-refractivity contribution in [1.82, 2.24) is 14.8 Å². The number of hydrogen-bond acceptors (Lipinski definition) is 4. The first-order valence-corrected chi connectivity index (χ1v) is 3.63. The number of hydrogen-bond donors (Lipinski definition) is 1. The zero-order chi connectivity index (χ0) is 9.19. The molecule has 0 atom stereocenters. The molecule has 0 saturated heterocycles. The lowest BCUT2D eigenvalue weighted by Crippen LogP contribution is -2.30. The normalized spacial score (nSPS) is 12.6. The Morgan fingerprint density at radius 1 is 1.67 bits per heavy atom. The first-order valence-electron chi connectivity index (χ1n) is 3.63. The van der Waals surface area contributed by atoms with Gasteiger partial charge in [-0.2, -0.15) is 5.10 Å². The molecule has 0 aliphatic carbocycles. The van der Waals surface area contributed by atoms with Crippen LogP contribution < -0.4 is 0 Å². The van der Waals surface area contributed by atoms with Crippen LogP contribution in [0.15, 0.2) is 11.5 Å². The Kier molecular flexibility index (Phi) is 2.12. The molecule has 0 aliphatic heterocycles.